The third-order valence-corrected chi connectivity index (χ3v) is 5.83. The van der Waals surface area contributed by atoms with Crippen LogP contribution in [0, 0.1) is 0 Å². The highest BCUT2D eigenvalue weighted by molar-refractivity contribution is 7.98. The molecule has 11 heteroatoms. The van der Waals surface area contributed by atoms with Crippen molar-refractivity contribution in [3.8, 4) is 0 Å². The Hall–Kier alpha value is -2.79. The zero-order chi connectivity index (χ0) is 25.1. The maximum Gasteiger partial charge on any atom is 0.329 e. The molecule has 1 aromatic rings. The van der Waals surface area contributed by atoms with Gasteiger partial charge in [0.1, 0.15) is 23.5 Å². The first-order valence-electron chi connectivity index (χ1n) is 10.9. The van der Waals surface area contributed by atoms with E-state index in [1.165, 1.54) is 17.8 Å². The molecule has 0 spiro atoms. The number of cyclic esters (lactones) is 1. The zero-order valence-electron chi connectivity index (χ0n) is 19.4. The van der Waals surface area contributed by atoms with Crippen LogP contribution >= 0.6 is 24.4 Å². The Morgan fingerprint density at radius 2 is 2.00 bits per heavy atom. The summed E-state index contributed by atoms with van der Waals surface area (Å²) in [7, 11) is 0. The maximum atomic E-state index is 12.8. The van der Waals surface area contributed by atoms with Gasteiger partial charge in [-0.2, -0.15) is 12.6 Å². The highest BCUT2D eigenvalue weighted by atomic mass is 32.2. The van der Waals surface area contributed by atoms with E-state index in [1.807, 2.05) is 6.26 Å². The fourth-order valence-corrected chi connectivity index (χ4v) is 3.67. The summed E-state index contributed by atoms with van der Waals surface area (Å²) in [6, 6.07) is 2.42. The summed E-state index contributed by atoms with van der Waals surface area (Å²) in [5, 5.41) is 7.90. The largest absolute Gasteiger partial charge is 0.456 e. The topological polar surface area (TPSA) is 126 Å². The second-order valence-electron chi connectivity index (χ2n) is 7.37. The van der Waals surface area contributed by atoms with Crippen molar-refractivity contribution in [1.82, 2.24) is 20.9 Å². The number of nitrogens with zero attached hydrogens (tertiary/aromatic N) is 1. The highest BCUT2D eigenvalue weighted by Gasteiger charge is 2.26. The van der Waals surface area contributed by atoms with Gasteiger partial charge in [-0.25, -0.2) is 9.78 Å². The van der Waals surface area contributed by atoms with Crippen LogP contribution in [0.15, 0.2) is 41.0 Å². The predicted molar refractivity (Wildman–Crippen MR) is 133 cm³/mol. The number of amides is 3. The molecule has 0 unspecified atom stereocenters. The average molecular weight is 507 g/mol. The number of rotatable bonds is 5. The van der Waals surface area contributed by atoms with Gasteiger partial charge in [0.2, 0.25) is 5.91 Å². The molecule has 2 rings (SSSR count). The molecule has 3 amide bonds. The summed E-state index contributed by atoms with van der Waals surface area (Å²) in [6.45, 7) is 3.40. The summed E-state index contributed by atoms with van der Waals surface area (Å²) in [5.74, 6) is -1.63. The lowest BCUT2D eigenvalue weighted by atomic mass is 10.1. The minimum Gasteiger partial charge on any atom is -0.456 e. The quantitative estimate of drug-likeness (QED) is 0.158. The molecule has 0 radical (unpaired) electrons. The third-order valence-electron chi connectivity index (χ3n) is 4.87. The van der Waals surface area contributed by atoms with E-state index >= 15 is 0 Å². The number of carbonyl (C=O) groups excluding carboxylic acids is 4. The molecule has 0 aromatic carbocycles. The smallest absolute Gasteiger partial charge is 0.329 e. The van der Waals surface area contributed by atoms with Gasteiger partial charge in [-0.15, -0.1) is 11.8 Å². The van der Waals surface area contributed by atoms with Crippen molar-refractivity contribution in [2.45, 2.75) is 56.7 Å². The van der Waals surface area contributed by atoms with Crippen LogP contribution in [0.1, 0.15) is 49.3 Å². The molecular weight excluding hydrogens is 476 g/mol. The number of hydrogen-bond donors (Lipinski definition) is 4. The monoisotopic (exact) mass is 506 g/mol. The maximum absolute atomic E-state index is 12.8. The molecular formula is C23H30N4O5S2. The molecule has 2 atom stereocenters. The Bertz CT molecular complexity index is 980. The standard InChI is InChI=1S/C23H30N4O5S2/c1-4-17-21(29)27-18(5-2)23(31)32-15(8-6-7-9-33)11-20(28)24-13-14-10-16(34-3)12-19(25-14)22(30)26-17/h4,6,8,10,12,15,18,33H,5,7,9,11,13H2,1-3H3,(H,24,28)(H,26,30)(H,27,29)/b8-6+,17-4-/t15-,18+/m1/s1. The first-order chi connectivity index (χ1) is 16.3. The average Bonchev–Trinajstić information content (AvgIpc) is 2.83. The summed E-state index contributed by atoms with van der Waals surface area (Å²) in [4.78, 5) is 56.0. The van der Waals surface area contributed by atoms with Crippen molar-refractivity contribution in [2.75, 3.05) is 12.0 Å². The second-order valence-corrected chi connectivity index (χ2v) is 8.70. The molecule has 184 valence electrons. The van der Waals surface area contributed by atoms with Gasteiger partial charge < -0.3 is 20.7 Å². The van der Waals surface area contributed by atoms with Gasteiger partial charge in [0.05, 0.1) is 18.7 Å². The van der Waals surface area contributed by atoms with Gasteiger partial charge in [0.25, 0.3) is 11.8 Å². The second kappa shape index (κ2) is 13.8. The van der Waals surface area contributed by atoms with E-state index in [1.54, 1.807) is 38.1 Å². The number of hydrogen-bond acceptors (Lipinski definition) is 8. The molecule has 3 N–H and O–H groups in total. The van der Waals surface area contributed by atoms with Gasteiger partial charge in [0, 0.05) is 4.90 Å². The highest BCUT2D eigenvalue weighted by Crippen LogP contribution is 2.17. The van der Waals surface area contributed by atoms with Crippen LogP contribution < -0.4 is 16.0 Å². The number of fused-ring (bicyclic) bond motifs is 2. The minimum absolute atomic E-state index is 0.0141. The number of aromatic nitrogens is 1. The first kappa shape index (κ1) is 27.5. The first-order valence-corrected chi connectivity index (χ1v) is 12.7. The number of esters is 1. The van der Waals surface area contributed by atoms with E-state index in [0.717, 1.165) is 4.90 Å². The van der Waals surface area contributed by atoms with Crippen LogP contribution in [-0.2, 0) is 25.7 Å². The fraction of sp³-hybridized carbons (Fsp3) is 0.435. The van der Waals surface area contributed by atoms with Crippen LogP contribution in [0.25, 0.3) is 0 Å². The minimum atomic E-state index is -0.958. The number of thiol groups is 1. The van der Waals surface area contributed by atoms with Crippen molar-refractivity contribution in [2.24, 2.45) is 0 Å². The van der Waals surface area contributed by atoms with Crippen LogP contribution in [0.3, 0.4) is 0 Å². The van der Waals surface area contributed by atoms with Gasteiger partial charge in [-0.05, 0) is 50.0 Å². The van der Waals surface area contributed by atoms with Crippen molar-refractivity contribution in [3.05, 3.63) is 47.4 Å². The number of pyridine rings is 1. The lowest BCUT2D eigenvalue weighted by molar-refractivity contribution is -0.151. The molecule has 1 aliphatic heterocycles. The lowest BCUT2D eigenvalue weighted by Crippen LogP contribution is -2.46. The molecule has 0 fully saturated rings. The Kier molecular flexibility index (Phi) is 11.1. The van der Waals surface area contributed by atoms with Crippen LogP contribution in [0.5, 0.6) is 0 Å². The van der Waals surface area contributed by atoms with E-state index in [2.05, 4.69) is 33.6 Å². The summed E-state index contributed by atoms with van der Waals surface area (Å²) in [5.41, 5.74) is 0.572. The van der Waals surface area contributed by atoms with Crippen molar-refractivity contribution < 1.29 is 23.9 Å². The van der Waals surface area contributed by atoms with E-state index < -0.39 is 29.9 Å². The van der Waals surface area contributed by atoms with Crippen LogP contribution in [-0.4, -0.2) is 52.8 Å². The molecule has 2 bridgehead atoms. The van der Waals surface area contributed by atoms with Gasteiger partial charge in [-0.1, -0.05) is 19.1 Å². The zero-order valence-corrected chi connectivity index (χ0v) is 21.1. The molecule has 0 saturated carbocycles. The summed E-state index contributed by atoms with van der Waals surface area (Å²) < 4.78 is 5.54. The normalized spacial score (nSPS) is 21.7. The number of ether oxygens (including phenoxy) is 1. The third kappa shape index (κ3) is 8.21. The Labute approximate surface area is 209 Å². The van der Waals surface area contributed by atoms with Crippen molar-refractivity contribution >= 4 is 48.1 Å². The van der Waals surface area contributed by atoms with Gasteiger partial charge in [-0.3, -0.25) is 14.4 Å². The fourth-order valence-electron chi connectivity index (χ4n) is 3.04. The molecule has 0 aliphatic carbocycles. The van der Waals surface area contributed by atoms with E-state index in [9.17, 15) is 19.2 Å². The Morgan fingerprint density at radius 1 is 1.24 bits per heavy atom. The number of allylic oxidation sites excluding steroid dienone is 2. The van der Waals surface area contributed by atoms with Crippen LogP contribution in [0.4, 0.5) is 0 Å². The molecule has 1 aromatic heterocycles. The Morgan fingerprint density at radius 3 is 2.65 bits per heavy atom. The van der Waals surface area contributed by atoms with Gasteiger partial charge >= 0.3 is 5.97 Å². The molecule has 0 saturated heterocycles. The molecule has 9 nitrogen and oxygen atoms in total. The number of carbonyl (C=O) groups is 4. The van der Waals surface area contributed by atoms with Crippen molar-refractivity contribution in [3.63, 3.8) is 0 Å². The van der Waals surface area contributed by atoms with Gasteiger partial charge in [0.15, 0.2) is 0 Å². The molecule has 34 heavy (non-hydrogen) atoms. The summed E-state index contributed by atoms with van der Waals surface area (Å²) >= 11 is 5.58. The van der Waals surface area contributed by atoms with E-state index in [0.29, 0.717) is 17.9 Å². The van der Waals surface area contributed by atoms with Crippen molar-refractivity contribution in [1.29, 1.82) is 0 Å². The van der Waals surface area contributed by atoms with E-state index in [-0.39, 0.29) is 36.7 Å². The van der Waals surface area contributed by atoms with Crippen LogP contribution in [0.2, 0.25) is 0 Å². The molecule has 1 aliphatic rings. The Balaban J connectivity index is 2.42. The number of nitrogens with one attached hydrogen (secondary N) is 3. The SMILES string of the molecule is C/C=C1\NC(=O)c2cc(SC)cc(n2)CNC(=O)C[C@@H](/C=C/CCS)OC(=O)[C@H](CC)NC1=O. The summed E-state index contributed by atoms with van der Waals surface area (Å²) in [6.07, 6.45) is 6.73. The lowest BCUT2D eigenvalue weighted by Gasteiger charge is -2.21. The molecule has 2 heterocycles. The predicted octanol–water partition coefficient (Wildman–Crippen LogP) is 2.14. The van der Waals surface area contributed by atoms with E-state index in [4.69, 9.17) is 4.74 Å². The number of thioether (sulfide) groups is 1.